The lowest BCUT2D eigenvalue weighted by atomic mass is 10.1. The summed E-state index contributed by atoms with van der Waals surface area (Å²) >= 11 is 0. The van der Waals surface area contributed by atoms with Gasteiger partial charge in [-0.3, -0.25) is 0 Å². The molecule has 226 valence electrons. The fourth-order valence-electron chi connectivity index (χ4n) is 3.25. The Balaban J connectivity index is 1.84. The zero-order chi connectivity index (χ0) is 30.3. The highest BCUT2D eigenvalue weighted by Gasteiger charge is 2.10. The van der Waals surface area contributed by atoms with E-state index in [1.54, 1.807) is 56.7 Å². The summed E-state index contributed by atoms with van der Waals surface area (Å²) in [4.78, 5) is 25.0. The van der Waals surface area contributed by atoms with Crippen molar-refractivity contribution in [3.63, 3.8) is 0 Å². The predicted octanol–water partition coefficient (Wildman–Crippen LogP) is 2.74. The molecule has 0 aliphatic heterocycles. The SMILES string of the molecule is C#Cc1cc(C#Cc2cccc(C(=O)OCCOCCOCCOC)c2)cc(C(=O)OCCOCCOCCOC)c1. The summed E-state index contributed by atoms with van der Waals surface area (Å²) in [7, 11) is 3.21. The lowest BCUT2D eigenvalue weighted by Gasteiger charge is -2.08. The van der Waals surface area contributed by atoms with Gasteiger partial charge in [0.1, 0.15) is 13.2 Å². The smallest absolute Gasteiger partial charge is 0.338 e. The molecule has 0 aliphatic rings. The van der Waals surface area contributed by atoms with E-state index in [1.807, 2.05) is 0 Å². The van der Waals surface area contributed by atoms with E-state index in [-0.39, 0.29) is 32.0 Å². The summed E-state index contributed by atoms with van der Waals surface area (Å²) in [5, 5.41) is 0. The van der Waals surface area contributed by atoms with Gasteiger partial charge in [0.05, 0.1) is 77.2 Å². The van der Waals surface area contributed by atoms with E-state index < -0.39 is 11.9 Å². The number of esters is 2. The van der Waals surface area contributed by atoms with Crippen LogP contribution >= 0.6 is 0 Å². The number of rotatable bonds is 20. The van der Waals surface area contributed by atoms with Gasteiger partial charge in [-0.1, -0.05) is 23.8 Å². The van der Waals surface area contributed by atoms with Gasteiger partial charge in [0.2, 0.25) is 0 Å². The van der Waals surface area contributed by atoms with Crippen molar-refractivity contribution in [1.82, 2.24) is 0 Å². The van der Waals surface area contributed by atoms with Gasteiger partial charge in [-0.15, -0.1) is 6.42 Å². The molecule has 0 fully saturated rings. The minimum Gasteiger partial charge on any atom is -0.460 e. The van der Waals surface area contributed by atoms with E-state index >= 15 is 0 Å². The first kappa shape index (κ1) is 34.5. The van der Waals surface area contributed by atoms with Crippen LogP contribution in [0.4, 0.5) is 0 Å². The molecule has 10 heteroatoms. The third kappa shape index (κ3) is 14.8. The van der Waals surface area contributed by atoms with Crippen molar-refractivity contribution >= 4 is 11.9 Å². The largest absolute Gasteiger partial charge is 0.460 e. The molecule has 10 nitrogen and oxygen atoms in total. The van der Waals surface area contributed by atoms with E-state index in [0.717, 1.165) is 0 Å². The van der Waals surface area contributed by atoms with Gasteiger partial charge in [0, 0.05) is 30.9 Å². The minimum atomic E-state index is -0.539. The van der Waals surface area contributed by atoms with Crippen LogP contribution in [0, 0.1) is 24.2 Å². The van der Waals surface area contributed by atoms with E-state index in [2.05, 4.69) is 17.8 Å². The number of benzene rings is 2. The quantitative estimate of drug-likeness (QED) is 0.131. The number of methoxy groups -OCH3 is 2. The van der Waals surface area contributed by atoms with E-state index in [0.29, 0.717) is 75.1 Å². The highest BCUT2D eigenvalue weighted by atomic mass is 16.6. The first-order valence-corrected chi connectivity index (χ1v) is 13.4. The molecule has 0 N–H and O–H groups in total. The zero-order valence-electron chi connectivity index (χ0n) is 24.2. The van der Waals surface area contributed by atoms with Crippen LogP contribution in [-0.4, -0.2) is 105 Å². The number of carbonyl (C=O) groups is 2. The number of hydrogen-bond donors (Lipinski definition) is 0. The zero-order valence-corrected chi connectivity index (χ0v) is 24.2. The topological polar surface area (TPSA) is 108 Å². The fourth-order valence-corrected chi connectivity index (χ4v) is 3.25. The van der Waals surface area contributed by atoms with Crippen LogP contribution in [0.15, 0.2) is 42.5 Å². The molecule has 0 aromatic heterocycles. The Morgan fingerprint density at radius 3 is 1.57 bits per heavy atom. The number of carbonyl (C=O) groups excluding carboxylic acids is 2. The molecule has 0 aliphatic carbocycles. The van der Waals surface area contributed by atoms with Crippen molar-refractivity contribution in [2.45, 2.75) is 0 Å². The lowest BCUT2D eigenvalue weighted by molar-refractivity contribution is 0.00552. The first-order valence-electron chi connectivity index (χ1n) is 13.4. The Kier molecular flexibility index (Phi) is 18.0. The molecular weight excluding hydrogens is 544 g/mol. The first-order chi connectivity index (χ1) is 20.6. The number of terminal acetylenes is 1. The van der Waals surface area contributed by atoms with Crippen molar-refractivity contribution in [2.24, 2.45) is 0 Å². The Morgan fingerprint density at radius 2 is 1.02 bits per heavy atom. The second-order valence-corrected chi connectivity index (χ2v) is 8.48. The average molecular weight is 583 g/mol. The monoisotopic (exact) mass is 582 g/mol. The van der Waals surface area contributed by atoms with Crippen molar-refractivity contribution in [2.75, 3.05) is 93.5 Å². The molecule has 0 spiro atoms. The minimum absolute atomic E-state index is 0.0799. The Bertz CT molecular complexity index is 1190. The summed E-state index contributed by atoms with van der Waals surface area (Å²) in [6.07, 6.45) is 5.58. The van der Waals surface area contributed by atoms with Gasteiger partial charge >= 0.3 is 11.9 Å². The van der Waals surface area contributed by atoms with Crippen LogP contribution in [0.2, 0.25) is 0 Å². The molecule has 0 bridgehead atoms. The molecule has 0 amide bonds. The highest BCUT2D eigenvalue weighted by Crippen LogP contribution is 2.12. The average Bonchev–Trinajstić information content (AvgIpc) is 3.02. The second kappa shape index (κ2) is 21.9. The van der Waals surface area contributed by atoms with Gasteiger partial charge in [-0.2, -0.15) is 0 Å². The Labute approximate surface area is 247 Å². The number of ether oxygens (including phenoxy) is 8. The third-order valence-electron chi connectivity index (χ3n) is 5.31. The van der Waals surface area contributed by atoms with Crippen LogP contribution in [0.25, 0.3) is 0 Å². The van der Waals surface area contributed by atoms with Gasteiger partial charge < -0.3 is 37.9 Å². The molecule has 0 atom stereocenters. The molecule has 0 saturated heterocycles. The highest BCUT2D eigenvalue weighted by molar-refractivity contribution is 5.91. The van der Waals surface area contributed by atoms with Gasteiger partial charge in [-0.25, -0.2) is 9.59 Å². The lowest BCUT2D eigenvalue weighted by Crippen LogP contribution is -2.14. The van der Waals surface area contributed by atoms with Gasteiger partial charge in [0.15, 0.2) is 0 Å². The summed E-state index contributed by atoms with van der Waals surface area (Å²) in [5.41, 5.74) is 2.24. The van der Waals surface area contributed by atoms with Gasteiger partial charge in [0.25, 0.3) is 0 Å². The maximum atomic E-state index is 12.6. The molecule has 0 heterocycles. The standard InChI is InChI=1S/C32H38O10/c1-4-26-22-28(25-30(23-26)32(34)42-21-19-40-17-15-38-13-11-36-3)9-8-27-6-5-7-29(24-27)31(33)41-20-18-39-16-14-37-12-10-35-2/h1,5-7,22-25H,10-21H2,2-3H3. The summed E-state index contributed by atoms with van der Waals surface area (Å²) in [6.45, 7) is 4.36. The molecule has 2 rings (SSSR count). The van der Waals surface area contributed by atoms with Crippen molar-refractivity contribution in [1.29, 1.82) is 0 Å². The van der Waals surface area contributed by atoms with Crippen molar-refractivity contribution < 1.29 is 47.5 Å². The summed E-state index contributed by atoms with van der Waals surface area (Å²) in [6, 6.07) is 11.6. The molecule has 0 saturated carbocycles. The number of hydrogen-bond acceptors (Lipinski definition) is 10. The fraction of sp³-hybridized carbons (Fsp3) is 0.438. The van der Waals surface area contributed by atoms with Crippen LogP contribution in [-0.2, 0) is 37.9 Å². The second-order valence-electron chi connectivity index (χ2n) is 8.48. The van der Waals surface area contributed by atoms with Crippen LogP contribution in [0.5, 0.6) is 0 Å². The molecule has 0 radical (unpaired) electrons. The Morgan fingerprint density at radius 1 is 0.571 bits per heavy atom. The van der Waals surface area contributed by atoms with Crippen LogP contribution in [0.3, 0.4) is 0 Å². The normalized spacial score (nSPS) is 10.4. The van der Waals surface area contributed by atoms with E-state index in [9.17, 15) is 9.59 Å². The third-order valence-corrected chi connectivity index (χ3v) is 5.31. The van der Waals surface area contributed by atoms with E-state index in [1.165, 1.54) is 0 Å². The molecule has 2 aromatic carbocycles. The maximum Gasteiger partial charge on any atom is 0.338 e. The Hall–Kier alpha value is -3.74. The van der Waals surface area contributed by atoms with E-state index in [4.69, 9.17) is 44.3 Å². The van der Waals surface area contributed by atoms with Gasteiger partial charge in [-0.05, 0) is 36.4 Å². The molecule has 42 heavy (non-hydrogen) atoms. The predicted molar refractivity (Wildman–Crippen MR) is 154 cm³/mol. The van der Waals surface area contributed by atoms with Crippen LogP contribution in [0.1, 0.15) is 37.4 Å². The van der Waals surface area contributed by atoms with Crippen molar-refractivity contribution in [3.05, 3.63) is 70.3 Å². The molecule has 0 unspecified atom stereocenters. The van der Waals surface area contributed by atoms with Crippen molar-refractivity contribution in [3.8, 4) is 24.2 Å². The summed E-state index contributed by atoms with van der Waals surface area (Å²) in [5.74, 6) is 7.49. The maximum absolute atomic E-state index is 12.6. The summed E-state index contributed by atoms with van der Waals surface area (Å²) < 4.78 is 41.7. The molecular formula is C32H38O10. The van der Waals surface area contributed by atoms with Crippen LogP contribution < -0.4 is 0 Å². The molecule has 2 aromatic rings.